The molecule has 1 aliphatic rings. The Morgan fingerprint density at radius 2 is 1.85 bits per heavy atom. The molecule has 0 saturated carbocycles. The van der Waals surface area contributed by atoms with Crippen LogP contribution in [0, 0.1) is 0 Å². The predicted molar refractivity (Wildman–Crippen MR) is 114 cm³/mol. The van der Waals surface area contributed by atoms with Crippen LogP contribution in [-0.4, -0.2) is 18.3 Å². The minimum absolute atomic E-state index is 0.217. The maximum Gasteiger partial charge on any atom is 0.0630 e. The van der Waals surface area contributed by atoms with E-state index in [0.29, 0.717) is 11.8 Å². The summed E-state index contributed by atoms with van der Waals surface area (Å²) in [4.78, 5) is 7.22. The molecule has 2 nitrogen and oxygen atoms in total. The lowest BCUT2D eigenvalue weighted by Crippen LogP contribution is -2.48. The maximum atomic E-state index is 4.68. The Morgan fingerprint density at radius 3 is 2.46 bits per heavy atom. The van der Waals surface area contributed by atoms with Crippen molar-refractivity contribution in [3.8, 4) is 0 Å². The zero-order valence-corrected chi connectivity index (χ0v) is 17.1. The Kier molecular flexibility index (Phi) is 5.22. The Morgan fingerprint density at radius 1 is 1.15 bits per heavy atom. The third-order valence-electron chi connectivity index (χ3n) is 5.65. The van der Waals surface area contributed by atoms with Crippen LogP contribution in [0.4, 0.5) is 11.4 Å². The molecule has 0 spiro atoms. The second-order valence-electron chi connectivity index (χ2n) is 8.48. The molecule has 0 N–H and O–H groups in total. The van der Waals surface area contributed by atoms with Crippen molar-refractivity contribution in [1.29, 1.82) is 0 Å². The molecule has 3 rings (SSSR count). The number of aliphatic imine (C=N–C) groups is 1. The molecular weight excluding hydrogens is 316 g/mol. The summed E-state index contributed by atoms with van der Waals surface area (Å²) in [5, 5.41) is 0. The van der Waals surface area contributed by atoms with E-state index in [2.05, 4.69) is 93.9 Å². The molecule has 1 heterocycles. The summed E-state index contributed by atoms with van der Waals surface area (Å²) in [5.41, 5.74) is 6.60. The van der Waals surface area contributed by atoms with Crippen molar-refractivity contribution in [3.63, 3.8) is 0 Å². The zero-order valence-electron chi connectivity index (χ0n) is 17.1. The van der Waals surface area contributed by atoms with Gasteiger partial charge in [-0.05, 0) is 80.0 Å². The quantitative estimate of drug-likeness (QED) is 0.563. The smallest absolute Gasteiger partial charge is 0.0630 e. The van der Waals surface area contributed by atoms with Crippen molar-refractivity contribution in [2.24, 2.45) is 4.99 Å². The van der Waals surface area contributed by atoms with E-state index in [9.17, 15) is 0 Å². The van der Waals surface area contributed by atoms with E-state index in [1.54, 1.807) is 0 Å². The van der Waals surface area contributed by atoms with Crippen LogP contribution in [-0.2, 0) is 0 Å². The molecule has 1 aliphatic heterocycles. The molecule has 2 aromatic carbocycles. The van der Waals surface area contributed by atoms with Gasteiger partial charge in [-0.25, -0.2) is 0 Å². The average Bonchev–Trinajstić information content (AvgIpc) is 2.60. The molecule has 0 bridgehead atoms. The topological polar surface area (TPSA) is 15.6 Å². The first-order valence-electron chi connectivity index (χ1n) is 9.87. The summed E-state index contributed by atoms with van der Waals surface area (Å²) in [6.07, 6.45) is 3.18. The largest absolute Gasteiger partial charge is 0.366 e. The van der Waals surface area contributed by atoms with E-state index in [-0.39, 0.29) is 5.54 Å². The van der Waals surface area contributed by atoms with Gasteiger partial charge < -0.3 is 4.90 Å². The van der Waals surface area contributed by atoms with Crippen molar-refractivity contribution in [1.82, 2.24) is 0 Å². The molecule has 2 aromatic rings. The van der Waals surface area contributed by atoms with E-state index >= 15 is 0 Å². The van der Waals surface area contributed by atoms with Crippen LogP contribution in [0.25, 0.3) is 0 Å². The van der Waals surface area contributed by atoms with E-state index in [1.165, 1.54) is 28.8 Å². The molecule has 2 heteroatoms. The normalized spacial score (nSPS) is 19.2. The summed E-state index contributed by atoms with van der Waals surface area (Å²) in [5.74, 6) is 1.13. The van der Waals surface area contributed by atoms with Crippen molar-refractivity contribution >= 4 is 17.6 Å². The van der Waals surface area contributed by atoms with Crippen LogP contribution in [0.3, 0.4) is 0 Å². The van der Waals surface area contributed by atoms with Crippen LogP contribution >= 0.6 is 0 Å². The summed E-state index contributed by atoms with van der Waals surface area (Å²) in [6.45, 7) is 14.8. The van der Waals surface area contributed by atoms with Crippen LogP contribution < -0.4 is 4.90 Å². The number of hydrogen-bond donors (Lipinski definition) is 0. The lowest BCUT2D eigenvalue weighted by Gasteiger charge is -2.47. The maximum absolute atomic E-state index is 4.68. The molecule has 0 saturated heterocycles. The van der Waals surface area contributed by atoms with Crippen LogP contribution in [0.15, 0.2) is 47.5 Å². The number of anilines is 1. The van der Waals surface area contributed by atoms with Crippen molar-refractivity contribution in [2.75, 3.05) is 11.4 Å². The fourth-order valence-electron chi connectivity index (χ4n) is 4.28. The van der Waals surface area contributed by atoms with Gasteiger partial charge in [-0.15, -0.1) is 0 Å². The van der Waals surface area contributed by atoms with E-state index in [4.69, 9.17) is 0 Å². The van der Waals surface area contributed by atoms with Gasteiger partial charge in [0, 0.05) is 24.0 Å². The Bertz CT molecular complexity index is 784. The fourth-order valence-corrected chi connectivity index (χ4v) is 4.28. The van der Waals surface area contributed by atoms with Gasteiger partial charge in [0.25, 0.3) is 0 Å². The number of benzene rings is 2. The lowest BCUT2D eigenvalue weighted by atomic mass is 9.79. The summed E-state index contributed by atoms with van der Waals surface area (Å²) in [6, 6.07) is 15.4. The van der Waals surface area contributed by atoms with Crippen LogP contribution in [0.2, 0.25) is 0 Å². The fraction of sp³-hybridized carbons (Fsp3) is 0.458. The second-order valence-corrected chi connectivity index (χ2v) is 8.48. The SMILES string of the molecule is CCN1c2ccc(C=Nc3ccc(C(C)C)cc3)cc2C(C)CC1(C)C. The van der Waals surface area contributed by atoms with Gasteiger partial charge in [0.2, 0.25) is 0 Å². The highest BCUT2D eigenvalue weighted by Crippen LogP contribution is 2.43. The molecule has 0 amide bonds. The highest BCUT2D eigenvalue weighted by Gasteiger charge is 2.35. The Labute approximate surface area is 159 Å². The van der Waals surface area contributed by atoms with Crippen molar-refractivity contribution < 1.29 is 0 Å². The van der Waals surface area contributed by atoms with Crippen molar-refractivity contribution in [3.05, 3.63) is 59.2 Å². The molecule has 1 atom stereocenters. The number of fused-ring (bicyclic) bond motifs is 1. The first-order valence-corrected chi connectivity index (χ1v) is 9.87. The standard InChI is InChI=1S/C24H32N2/c1-7-26-23-13-8-19(14-22(23)18(4)15-24(26,5)6)16-25-21-11-9-20(10-12-21)17(2)3/h8-14,16-18H,7,15H2,1-6H3. The van der Waals surface area contributed by atoms with Gasteiger partial charge in [-0.2, -0.15) is 0 Å². The monoisotopic (exact) mass is 348 g/mol. The van der Waals surface area contributed by atoms with Crippen LogP contribution in [0.1, 0.15) is 76.5 Å². The highest BCUT2D eigenvalue weighted by molar-refractivity contribution is 5.83. The second kappa shape index (κ2) is 7.26. The first kappa shape index (κ1) is 18.7. The molecule has 1 unspecified atom stereocenters. The molecule has 26 heavy (non-hydrogen) atoms. The van der Waals surface area contributed by atoms with Gasteiger partial charge in [-0.1, -0.05) is 39.0 Å². The zero-order chi connectivity index (χ0) is 18.9. The minimum atomic E-state index is 0.217. The lowest BCUT2D eigenvalue weighted by molar-refractivity contribution is 0.381. The molecule has 0 radical (unpaired) electrons. The van der Waals surface area contributed by atoms with Gasteiger partial charge >= 0.3 is 0 Å². The van der Waals surface area contributed by atoms with Gasteiger partial charge in [0.15, 0.2) is 0 Å². The molecular formula is C24H32N2. The molecule has 0 fully saturated rings. The van der Waals surface area contributed by atoms with E-state index in [1.807, 2.05) is 6.21 Å². The Hall–Kier alpha value is -2.09. The van der Waals surface area contributed by atoms with E-state index in [0.717, 1.165) is 12.2 Å². The number of hydrogen-bond acceptors (Lipinski definition) is 2. The summed E-state index contributed by atoms with van der Waals surface area (Å²) < 4.78 is 0. The molecule has 0 aromatic heterocycles. The summed E-state index contributed by atoms with van der Waals surface area (Å²) >= 11 is 0. The van der Waals surface area contributed by atoms with Crippen LogP contribution in [0.5, 0.6) is 0 Å². The molecule has 138 valence electrons. The average molecular weight is 349 g/mol. The van der Waals surface area contributed by atoms with Gasteiger partial charge in [0.05, 0.1) is 5.69 Å². The number of rotatable bonds is 4. The summed E-state index contributed by atoms with van der Waals surface area (Å²) in [7, 11) is 0. The van der Waals surface area contributed by atoms with Crippen molar-refractivity contribution in [2.45, 2.75) is 65.3 Å². The Balaban J connectivity index is 1.86. The first-order chi connectivity index (χ1) is 12.3. The number of nitrogens with zero attached hydrogens (tertiary/aromatic N) is 2. The third-order valence-corrected chi connectivity index (χ3v) is 5.65. The van der Waals surface area contributed by atoms with E-state index < -0.39 is 0 Å². The predicted octanol–water partition coefficient (Wildman–Crippen LogP) is 6.67. The molecule has 0 aliphatic carbocycles. The minimum Gasteiger partial charge on any atom is -0.366 e. The highest BCUT2D eigenvalue weighted by atomic mass is 15.2. The third kappa shape index (κ3) is 3.70. The van der Waals surface area contributed by atoms with Gasteiger partial charge in [-0.3, -0.25) is 4.99 Å². The van der Waals surface area contributed by atoms with Gasteiger partial charge in [0.1, 0.15) is 0 Å².